The zero-order valence-electron chi connectivity index (χ0n) is 16.5. The molecular weight excluding hydrogens is 386 g/mol. The molecule has 0 spiro atoms. The number of carbonyl (C=O) groups excluding carboxylic acids is 1. The molecule has 2 heterocycles. The van der Waals surface area contributed by atoms with Crippen LogP contribution < -0.4 is 15.8 Å². The number of hydrogen-bond acceptors (Lipinski definition) is 6. The van der Waals surface area contributed by atoms with Crippen LogP contribution in [-0.4, -0.2) is 23.9 Å². The van der Waals surface area contributed by atoms with Gasteiger partial charge in [-0.3, -0.25) is 14.9 Å². The summed E-state index contributed by atoms with van der Waals surface area (Å²) in [6.07, 6.45) is 3.12. The molecule has 154 valence electrons. The maximum Gasteiger partial charge on any atom is 0.336 e. The molecule has 8 nitrogen and oxygen atoms in total. The molecule has 30 heavy (non-hydrogen) atoms. The number of nitro groups is 1. The zero-order valence-corrected chi connectivity index (χ0v) is 16.5. The molecular formula is C22H21N3O5. The lowest BCUT2D eigenvalue weighted by molar-refractivity contribution is -0.384. The minimum Gasteiger partial charge on any atom is -0.423 e. The highest BCUT2D eigenvalue weighted by molar-refractivity contribution is 6.05. The van der Waals surface area contributed by atoms with Crippen molar-refractivity contribution >= 4 is 33.9 Å². The van der Waals surface area contributed by atoms with Gasteiger partial charge in [0.25, 0.3) is 11.6 Å². The first-order valence-corrected chi connectivity index (χ1v) is 9.81. The van der Waals surface area contributed by atoms with Crippen molar-refractivity contribution in [2.75, 3.05) is 23.3 Å². The van der Waals surface area contributed by atoms with E-state index in [1.807, 2.05) is 4.90 Å². The Morgan fingerprint density at radius 1 is 1.10 bits per heavy atom. The number of aryl methyl sites for hydroxylation is 1. The van der Waals surface area contributed by atoms with Crippen molar-refractivity contribution in [3.8, 4) is 0 Å². The van der Waals surface area contributed by atoms with Crippen LogP contribution in [-0.2, 0) is 0 Å². The van der Waals surface area contributed by atoms with Gasteiger partial charge in [-0.2, -0.15) is 0 Å². The number of carbonyl (C=O) groups is 1. The van der Waals surface area contributed by atoms with E-state index in [9.17, 15) is 19.7 Å². The van der Waals surface area contributed by atoms with Gasteiger partial charge < -0.3 is 14.6 Å². The Morgan fingerprint density at radius 2 is 1.87 bits per heavy atom. The van der Waals surface area contributed by atoms with Gasteiger partial charge >= 0.3 is 5.63 Å². The minimum absolute atomic E-state index is 0.0790. The van der Waals surface area contributed by atoms with Crippen LogP contribution in [0, 0.1) is 17.0 Å². The first-order valence-electron chi connectivity index (χ1n) is 9.81. The summed E-state index contributed by atoms with van der Waals surface area (Å²) in [7, 11) is 0. The number of nitrogens with one attached hydrogen (secondary N) is 1. The van der Waals surface area contributed by atoms with Crippen molar-refractivity contribution in [3.05, 3.63) is 74.1 Å². The summed E-state index contributed by atoms with van der Waals surface area (Å²) >= 11 is 0. The van der Waals surface area contributed by atoms with Gasteiger partial charge in [0, 0.05) is 47.9 Å². The summed E-state index contributed by atoms with van der Waals surface area (Å²) in [5, 5.41) is 15.1. The van der Waals surface area contributed by atoms with Crippen molar-refractivity contribution in [3.63, 3.8) is 0 Å². The SMILES string of the molecule is Cc1cc(=O)oc2cc(NC(=O)c3ccc(N4CCCCC4)c([N+](=O)[O-])c3)ccc12. The van der Waals surface area contributed by atoms with Gasteiger partial charge in [-0.1, -0.05) is 0 Å². The highest BCUT2D eigenvalue weighted by atomic mass is 16.6. The first kappa shape index (κ1) is 19.6. The molecule has 1 fully saturated rings. The molecule has 0 radical (unpaired) electrons. The van der Waals surface area contributed by atoms with E-state index in [1.165, 1.54) is 12.1 Å². The van der Waals surface area contributed by atoms with Crippen LogP contribution >= 0.6 is 0 Å². The van der Waals surface area contributed by atoms with Crippen LogP contribution in [0.5, 0.6) is 0 Å². The van der Waals surface area contributed by atoms with Crippen molar-refractivity contribution in [2.24, 2.45) is 0 Å². The summed E-state index contributed by atoms with van der Waals surface area (Å²) in [6, 6.07) is 11.0. The van der Waals surface area contributed by atoms with E-state index >= 15 is 0 Å². The zero-order chi connectivity index (χ0) is 21.3. The Balaban J connectivity index is 1.61. The van der Waals surface area contributed by atoms with Gasteiger partial charge in [0.15, 0.2) is 0 Å². The predicted molar refractivity (Wildman–Crippen MR) is 114 cm³/mol. The molecule has 0 bridgehead atoms. The van der Waals surface area contributed by atoms with Crippen molar-refractivity contribution in [1.82, 2.24) is 0 Å². The van der Waals surface area contributed by atoms with Crippen molar-refractivity contribution < 1.29 is 14.1 Å². The van der Waals surface area contributed by atoms with Gasteiger partial charge in [-0.15, -0.1) is 0 Å². The van der Waals surface area contributed by atoms with Crippen LogP contribution in [0.4, 0.5) is 17.1 Å². The van der Waals surface area contributed by atoms with Gasteiger partial charge in [-0.05, 0) is 56.0 Å². The molecule has 0 aliphatic carbocycles. The fraction of sp³-hybridized carbons (Fsp3) is 0.273. The van der Waals surface area contributed by atoms with E-state index < -0.39 is 16.5 Å². The largest absolute Gasteiger partial charge is 0.423 e. The highest BCUT2D eigenvalue weighted by Gasteiger charge is 2.23. The third-order valence-electron chi connectivity index (χ3n) is 5.34. The molecule has 0 unspecified atom stereocenters. The molecule has 1 aliphatic heterocycles. The molecule has 1 aromatic heterocycles. The standard InChI is InChI=1S/C22H21N3O5/c1-14-11-21(26)30-20-13-16(6-7-17(14)20)23-22(27)15-5-8-18(19(12-15)25(28)29)24-9-3-2-4-10-24/h5-8,11-13H,2-4,9-10H2,1H3,(H,23,27). The molecule has 3 aromatic rings. The van der Waals surface area contributed by atoms with Crippen LogP contribution in [0.1, 0.15) is 35.2 Å². The number of rotatable bonds is 4. The Hall–Kier alpha value is -3.68. The second kappa shape index (κ2) is 7.98. The Kier molecular flexibility index (Phi) is 5.22. The average molecular weight is 407 g/mol. The summed E-state index contributed by atoms with van der Waals surface area (Å²) < 4.78 is 5.20. The molecule has 1 amide bonds. The van der Waals surface area contributed by atoms with E-state index in [4.69, 9.17) is 4.42 Å². The van der Waals surface area contributed by atoms with E-state index in [0.717, 1.165) is 43.3 Å². The number of anilines is 2. The Labute approximate surface area is 172 Å². The molecule has 2 aromatic carbocycles. The average Bonchev–Trinajstić information content (AvgIpc) is 2.73. The summed E-state index contributed by atoms with van der Waals surface area (Å²) in [6.45, 7) is 3.35. The van der Waals surface area contributed by atoms with Gasteiger partial charge in [-0.25, -0.2) is 4.79 Å². The van der Waals surface area contributed by atoms with Gasteiger partial charge in [0.05, 0.1) is 4.92 Å². The first-order chi connectivity index (χ1) is 14.4. The second-order valence-corrected chi connectivity index (χ2v) is 7.42. The summed E-state index contributed by atoms with van der Waals surface area (Å²) in [4.78, 5) is 37.5. The molecule has 1 N–H and O–H groups in total. The highest BCUT2D eigenvalue weighted by Crippen LogP contribution is 2.31. The smallest absolute Gasteiger partial charge is 0.336 e. The van der Waals surface area contributed by atoms with E-state index in [-0.39, 0.29) is 11.3 Å². The Morgan fingerprint density at radius 3 is 2.60 bits per heavy atom. The topological polar surface area (TPSA) is 106 Å². The molecule has 0 saturated carbocycles. The summed E-state index contributed by atoms with van der Waals surface area (Å²) in [5.41, 5.74) is 1.76. The normalized spacial score (nSPS) is 14.0. The lowest BCUT2D eigenvalue weighted by Gasteiger charge is -2.28. The number of benzene rings is 2. The fourth-order valence-electron chi connectivity index (χ4n) is 3.82. The van der Waals surface area contributed by atoms with E-state index in [2.05, 4.69) is 5.32 Å². The number of fused-ring (bicyclic) bond motifs is 1. The Bertz CT molecular complexity index is 1200. The molecule has 4 rings (SSSR count). The number of piperidine rings is 1. The van der Waals surface area contributed by atoms with Crippen molar-refractivity contribution in [1.29, 1.82) is 0 Å². The number of amides is 1. The fourth-order valence-corrected chi connectivity index (χ4v) is 3.82. The molecule has 8 heteroatoms. The second-order valence-electron chi connectivity index (χ2n) is 7.42. The quantitative estimate of drug-likeness (QED) is 0.394. The van der Waals surface area contributed by atoms with Gasteiger partial charge in [0.2, 0.25) is 0 Å². The predicted octanol–water partition coefficient (Wildman–Crippen LogP) is 4.25. The number of hydrogen-bond donors (Lipinski definition) is 1. The number of nitrogens with zero attached hydrogens (tertiary/aromatic N) is 2. The third-order valence-corrected chi connectivity index (χ3v) is 5.34. The molecule has 1 aliphatic rings. The minimum atomic E-state index is -0.474. The number of nitro benzene ring substituents is 1. The van der Waals surface area contributed by atoms with Crippen molar-refractivity contribution in [2.45, 2.75) is 26.2 Å². The molecule has 1 saturated heterocycles. The van der Waals surface area contributed by atoms with E-state index in [0.29, 0.717) is 17.0 Å². The third kappa shape index (κ3) is 3.89. The summed E-state index contributed by atoms with van der Waals surface area (Å²) in [5.74, 6) is -0.474. The molecule has 0 atom stereocenters. The monoisotopic (exact) mass is 407 g/mol. The van der Waals surface area contributed by atoms with E-state index in [1.54, 1.807) is 37.3 Å². The maximum absolute atomic E-state index is 12.7. The van der Waals surface area contributed by atoms with Crippen LogP contribution in [0.25, 0.3) is 11.0 Å². The van der Waals surface area contributed by atoms with Crippen LogP contribution in [0.2, 0.25) is 0 Å². The van der Waals surface area contributed by atoms with Gasteiger partial charge in [0.1, 0.15) is 11.3 Å². The lowest BCUT2D eigenvalue weighted by atomic mass is 10.1. The van der Waals surface area contributed by atoms with Crippen LogP contribution in [0.15, 0.2) is 51.7 Å². The maximum atomic E-state index is 12.7. The van der Waals surface area contributed by atoms with Crippen LogP contribution in [0.3, 0.4) is 0 Å². The lowest BCUT2D eigenvalue weighted by Crippen LogP contribution is -2.30.